The van der Waals surface area contributed by atoms with E-state index in [0.717, 1.165) is 19.4 Å². The number of rotatable bonds is 38. The smallest absolute Gasteiger partial charge is 0.325 e. The van der Waals surface area contributed by atoms with Crippen LogP contribution >= 0.6 is 32.4 Å². The number of nitrogens with one attached hydrogen (secondary N) is 1. The number of thiol groups is 1. The minimum Gasteiger partial charge on any atom is -0.371 e. The summed E-state index contributed by atoms with van der Waals surface area (Å²) in [6, 6.07) is 0. The van der Waals surface area contributed by atoms with Gasteiger partial charge in [-0.2, -0.15) is 0 Å². The van der Waals surface area contributed by atoms with Gasteiger partial charge in [0.25, 0.3) is 0 Å². The molecule has 3 N–H and O–H groups in total. The standard InChI is InChI=1S/C38H78NO3PS2/c40-43(41,42)37-35-33-31-29-27-25-23-21-19-17-15-13-11-9-7-5-3-1-2-4-6-8-10-12-14-16-18-20-22-24-26-28-30-32-34-36-39-38(44)45/h1-37H2,(H2,39,44,45)(H2,40,41,42). The van der Waals surface area contributed by atoms with E-state index in [9.17, 15) is 4.57 Å². The fraction of sp³-hybridized carbons (Fsp3) is 0.974. The van der Waals surface area contributed by atoms with Gasteiger partial charge in [-0.05, 0) is 12.8 Å². The molecule has 4 nitrogen and oxygen atoms in total. The Bertz CT molecular complexity index is 646. The number of thiocarbonyl (C=S) groups is 1. The van der Waals surface area contributed by atoms with Gasteiger partial charge in [0, 0.05) is 12.7 Å². The third-order valence-electron chi connectivity index (χ3n) is 9.40. The lowest BCUT2D eigenvalue weighted by atomic mass is 10.0. The van der Waals surface area contributed by atoms with Gasteiger partial charge in [-0.1, -0.05) is 224 Å². The van der Waals surface area contributed by atoms with E-state index in [-0.39, 0.29) is 6.16 Å². The number of hydrogen-bond acceptors (Lipinski definition) is 2. The zero-order valence-electron chi connectivity index (χ0n) is 29.8. The van der Waals surface area contributed by atoms with Gasteiger partial charge in [0.1, 0.15) is 4.32 Å². The first kappa shape index (κ1) is 45.4. The average molecular weight is 692 g/mol. The van der Waals surface area contributed by atoms with E-state index in [1.54, 1.807) is 0 Å². The molecule has 0 saturated carbocycles. The zero-order chi connectivity index (χ0) is 32.9. The molecule has 0 aromatic heterocycles. The van der Waals surface area contributed by atoms with Gasteiger partial charge in [0.2, 0.25) is 0 Å². The molecular formula is C38H78NO3PS2. The molecule has 0 heterocycles. The van der Waals surface area contributed by atoms with E-state index in [1.807, 2.05) is 0 Å². The molecule has 0 fully saturated rings. The van der Waals surface area contributed by atoms with Crippen molar-refractivity contribution in [2.24, 2.45) is 0 Å². The fourth-order valence-corrected chi connectivity index (χ4v) is 7.32. The second-order valence-corrected chi connectivity index (χ2v) is 16.9. The monoisotopic (exact) mass is 692 g/mol. The van der Waals surface area contributed by atoms with Crippen molar-refractivity contribution >= 4 is 36.8 Å². The maximum Gasteiger partial charge on any atom is 0.325 e. The van der Waals surface area contributed by atoms with Crippen molar-refractivity contribution in [3.8, 4) is 0 Å². The van der Waals surface area contributed by atoms with Gasteiger partial charge < -0.3 is 15.1 Å². The molecule has 0 atom stereocenters. The van der Waals surface area contributed by atoms with Crippen molar-refractivity contribution in [2.75, 3.05) is 12.7 Å². The molecule has 7 heteroatoms. The van der Waals surface area contributed by atoms with Gasteiger partial charge in [-0.25, -0.2) is 0 Å². The van der Waals surface area contributed by atoms with Crippen molar-refractivity contribution < 1.29 is 14.4 Å². The highest BCUT2D eigenvalue weighted by Gasteiger charge is 2.10. The number of unbranched alkanes of at least 4 members (excludes halogenated alkanes) is 34. The van der Waals surface area contributed by atoms with Gasteiger partial charge in [-0.3, -0.25) is 4.57 Å². The summed E-state index contributed by atoms with van der Waals surface area (Å²) in [6.07, 6.45) is 47.9. The Kier molecular flexibility index (Phi) is 37.5. The summed E-state index contributed by atoms with van der Waals surface area (Å²) < 4.78 is 11.4. The Morgan fingerprint density at radius 1 is 0.400 bits per heavy atom. The van der Waals surface area contributed by atoms with Crippen LogP contribution in [0.2, 0.25) is 0 Å². The maximum atomic E-state index is 10.8. The van der Waals surface area contributed by atoms with Crippen LogP contribution < -0.4 is 5.32 Å². The van der Waals surface area contributed by atoms with Crippen LogP contribution in [0.1, 0.15) is 225 Å². The molecule has 0 rings (SSSR count). The second-order valence-electron chi connectivity index (χ2n) is 14.0. The molecule has 45 heavy (non-hydrogen) atoms. The predicted octanol–water partition coefficient (Wildman–Crippen LogP) is 13.6. The van der Waals surface area contributed by atoms with Gasteiger partial charge in [0.05, 0.1) is 0 Å². The Labute approximate surface area is 292 Å². The third-order valence-corrected chi connectivity index (χ3v) is 10.6. The summed E-state index contributed by atoms with van der Waals surface area (Å²) in [5.74, 6) is 0. The summed E-state index contributed by atoms with van der Waals surface area (Å²) in [5, 5.41) is 3.11. The van der Waals surface area contributed by atoms with Crippen molar-refractivity contribution in [1.82, 2.24) is 5.32 Å². The van der Waals surface area contributed by atoms with Crippen molar-refractivity contribution in [3.63, 3.8) is 0 Å². The molecule has 0 spiro atoms. The average Bonchev–Trinajstić information content (AvgIpc) is 2.99. The summed E-state index contributed by atoms with van der Waals surface area (Å²) >= 11 is 8.99. The van der Waals surface area contributed by atoms with Gasteiger partial charge in [-0.15, -0.1) is 12.6 Å². The van der Waals surface area contributed by atoms with Crippen LogP contribution in [-0.4, -0.2) is 26.8 Å². The van der Waals surface area contributed by atoms with Crippen LogP contribution in [0, 0.1) is 0 Å². The largest absolute Gasteiger partial charge is 0.371 e. The molecule has 0 radical (unpaired) electrons. The Balaban J connectivity index is 3.06. The Hall–Kier alpha value is 0.390. The second kappa shape index (κ2) is 37.2. The fourth-order valence-electron chi connectivity index (χ4n) is 6.47. The van der Waals surface area contributed by atoms with E-state index >= 15 is 0 Å². The summed E-state index contributed by atoms with van der Waals surface area (Å²) in [6.45, 7) is 0.979. The molecule has 0 aromatic carbocycles. The lowest BCUT2D eigenvalue weighted by Gasteiger charge is -2.05. The quantitative estimate of drug-likeness (QED) is 0.0225. The molecule has 0 unspecified atom stereocenters. The van der Waals surface area contributed by atoms with Crippen LogP contribution in [0.5, 0.6) is 0 Å². The molecular weight excluding hydrogens is 614 g/mol. The first-order chi connectivity index (χ1) is 21.9. The van der Waals surface area contributed by atoms with Gasteiger partial charge in [0.15, 0.2) is 0 Å². The molecule has 0 amide bonds. The van der Waals surface area contributed by atoms with Crippen molar-refractivity contribution in [1.29, 1.82) is 0 Å². The highest BCUT2D eigenvalue weighted by Crippen LogP contribution is 2.35. The summed E-state index contributed by atoms with van der Waals surface area (Å²) in [5.41, 5.74) is 0. The van der Waals surface area contributed by atoms with Crippen molar-refractivity contribution in [3.05, 3.63) is 0 Å². The van der Waals surface area contributed by atoms with Crippen LogP contribution in [0.25, 0.3) is 0 Å². The molecule has 0 aliphatic carbocycles. The Morgan fingerprint density at radius 2 is 0.578 bits per heavy atom. The van der Waals surface area contributed by atoms with E-state index in [1.165, 1.54) is 205 Å². The van der Waals surface area contributed by atoms with Crippen LogP contribution in [0.15, 0.2) is 0 Å². The summed E-state index contributed by atoms with van der Waals surface area (Å²) in [7, 11) is -3.77. The van der Waals surface area contributed by atoms with Crippen LogP contribution in [-0.2, 0) is 4.57 Å². The summed E-state index contributed by atoms with van der Waals surface area (Å²) in [4.78, 5) is 17.7. The molecule has 0 aliphatic heterocycles. The highest BCUT2D eigenvalue weighted by molar-refractivity contribution is 8.11. The van der Waals surface area contributed by atoms with Crippen LogP contribution in [0.3, 0.4) is 0 Å². The molecule has 0 aromatic rings. The Morgan fingerprint density at radius 3 is 0.756 bits per heavy atom. The van der Waals surface area contributed by atoms with E-state index < -0.39 is 7.60 Å². The normalized spacial score (nSPS) is 11.8. The van der Waals surface area contributed by atoms with E-state index in [4.69, 9.17) is 22.0 Å². The topological polar surface area (TPSA) is 69.6 Å². The first-order valence-corrected chi connectivity index (χ1v) is 22.6. The van der Waals surface area contributed by atoms with E-state index in [2.05, 4.69) is 17.9 Å². The van der Waals surface area contributed by atoms with Crippen LogP contribution in [0.4, 0.5) is 0 Å². The molecule has 0 saturated heterocycles. The first-order valence-electron chi connectivity index (χ1n) is 19.9. The minimum atomic E-state index is -3.77. The SMILES string of the molecule is O=P(O)(O)CCCCCCCCCCCCCCCCCCCCCCCCCCCCCCCCCCCCCNC(=S)S. The maximum absolute atomic E-state index is 10.8. The third kappa shape index (κ3) is 44.4. The van der Waals surface area contributed by atoms with E-state index in [0.29, 0.717) is 10.7 Å². The lowest BCUT2D eigenvalue weighted by molar-refractivity contribution is 0.370. The van der Waals surface area contributed by atoms with Gasteiger partial charge >= 0.3 is 7.60 Å². The van der Waals surface area contributed by atoms with Crippen molar-refractivity contribution in [2.45, 2.75) is 225 Å². The zero-order valence-corrected chi connectivity index (χ0v) is 32.4. The lowest BCUT2D eigenvalue weighted by Crippen LogP contribution is -2.17. The molecule has 270 valence electrons. The number of hydrogen-bond donors (Lipinski definition) is 4. The molecule has 0 aliphatic rings. The molecule has 0 bridgehead atoms. The highest BCUT2D eigenvalue weighted by atomic mass is 32.1. The minimum absolute atomic E-state index is 0.0593. The predicted molar refractivity (Wildman–Crippen MR) is 208 cm³/mol.